The number of carboxylic acid groups (broad SMARTS) is 1. The van der Waals surface area contributed by atoms with Crippen molar-refractivity contribution in [3.8, 4) is 22.8 Å². The average Bonchev–Trinajstić information content (AvgIpc) is 3.05. The van der Waals surface area contributed by atoms with Gasteiger partial charge in [-0.05, 0) is 43.3 Å². The molecule has 0 saturated heterocycles. The summed E-state index contributed by atoms with van der Waals surface area (Å²) in [4.78, 5) is 10.8. The highest BCUT2D eigenvalue weighted by molar-refractivity contribution is 7.99. The number of carbonyl (C=O) groups excluding carboxylic acids is 1. The van der Waals surface area contributed by atoms with Crippen LogP contribution >= 0.6 is 11.8 Å². The molecule has 0 aliphatic carbocycles. The molecule has 0 N–H and O–H groups in total. The van der Waals surface area contributed by atoms with E-state index in [1.807, 2.05) is 66.1 Å². The summed E-state index contributed by atoms with van der Waals surface area (Å²) in [5.41, 5.74) is 1.72. The average molecular weight is 354 g/mol. The van der Waals surface area contributed by atoms with Crippen molar-refractivity contribution in [3.63, 3.8) is 0 Å². The second kappa shape index (κ2) is 7.85. The predicted octanol–water partition coefficient (Wildman–Crippen LogP) is 2.17. The van der Waals surface area contributed by atoms with E-state index >= 15 is 0 Å². The van der Waals surface area contributed by atoms with Crippen molar-refractivity contribution in [1.82, 2.24) is 14.8 Å². The molecule has 6 nitrogen and oxygen atoms in total. The van der Waals surface area contributed by atoms with Crippen molar-refractivity contribution in [2.24, 2.45) is 0 Å². The number of hydrogen-bond acceptors (Lipinski definition) is 6. The Labute approximate surface area is 149 Å². The first-order chi connectivity index (χ1) is 12.2. The van der Waals surface area contributed by atoms with Gasteiger partial charge in [-0.3, -0.25) is 4.57 Å². The Bertz CT molecular complexity index is 848. The van der Waals surface area contributed by atoms with Crippen LogP contribution in [-0.4, -0.2) is 33.1 Å². The second-order valence-corrected chi connectivity index (χ2v) is 6.04. The largest absolute Gasteiger partial charge is 0.549 e. The second-order valence-electron chi connectivity index (χ2n) is 5.10. The molecule has 1 aromatic heterocycles. The number of hydrogen-bond donors (Lipinski definition) is 0. The lowest BCUT2D eigenvalue weighted by atomic mass is 10.2. The fourth-order valence-electron chi connectivity index (χ4n) is 2.35. The first-order valence-electron chi connectivity index (χ1n) is 7.75. The van der Waals surface area contributed by atoms with Crippen LogP contribution in [0.4, 0.5) is 0 Å². The van der Waals surface area contributed by atoms with E-state index in [0.29, 0.717) is 17.6 Å². The fourth-order valence-corrected chi connectivity index (χ4v) is 3.02. The Morgan fingerprint density at radius 2 is 1.84 bits per heavy atom. The highest BCUT2D eigenvalue weighted by Crippen LogP contribution is 2.28. The van der Waals surface area contributed by atoms with Gasteiger partial charge in [0.05, 0.1) is 12.6 Å². The van der Waals surface area contributed by atoms with E-state index in [2.05, 4.69) is 10.2 Å². The molecule has 0 spiro atoms. The summed E-state index contributed by atoms with van der Waals surface area (Å²) in [6.45, 7) is 2.53. The molecule has 7 heteroatoms. The Morgan fingerprint density at radius 1 is 1.12 bits per heavy atom. The molecular formula is C18H16N3O3S-. The van der Waals surface area contributed by atoms with Gasteiger partial charge in [0.2, 0.25) is 0 Å². The van der Waals surface area contributed by atoms with E-state index in [-0.39, 0.29) is 5.75 Å². The summed E-state index contributed by atoms with van der Waals surface area (Å²) in [5, 5.41) is 19.7. The predicted molar refractivity (Wildman–Crippen MR) is 93.7 cm³/mol. The standard InChI is InChI=1S/C18H17N3O3S/c1-2-24-15-10-8-13(9-11-15)17-19-20-18(25-12-16(22)23)21(17)14-6-4-3-5-7-14/h3-11H,2,12H2,1H3,(H,22,23)/p-1. The molecular weight excluding hydrogens is 338 g/mol. The number of carboxylic acids is 1. The van der Waals surface area contributed by atoms with Crippen LogP contribution < -0.4 is 9.84 Å². The lowest BCUT2D eigenvalue weighted by Gasteiger charge is -2.11. The molecule has 0 unspecified atom stereocenters. The van der Waals surface area contributed by atoms with Crippen LogP contribution in [0.1, 0.15) is 6.92 Å². The van der Waals surface area contributed by atoms with E-state index in [4.69, 9.17) is 4.74 Å². The Hall–Kier alpha value is -2.80. The van der Waals surface area contributed by atoms with Crippen molar-refractivity contribution in [1.29, 1.82) is 0 Å². The number of ether oxygens (including phenoxy) is 1. The molecule has 0 bridgehead atoms. The molecule has 2 aromatic carbocycles. The molecule has 0 fully saturated rings. The van der Waals surface area contributed by atoms with Gasteiger partial charge in [-0.2, -0.15) is 0 Å². The minimum absolute atomic E-state index is 0.186. The summed E-state index contributed by atoms with van der Waals surface area (Å²) in [6.07, 6.45) is 0. The zero-order chi connectivity index (χ0) is 17.6. The van der Waals surface area contributed by atoms with Gasteiger partial charge in [0.15, 0.2) is 11.0 Å². The maximum absolute atomic E-state index is 10.8. The first-order valence-corrected chi connectivity index (χ1v) is 8.74. The lowest BCUT2D eigenvalue weighted by Crippen LogP contribution is -2.24. The molecule has 3 rings (SSSR count). The van der Waals surface area contributed by atoms with Crippen molar-refractivity contribution in [2.75, 3.05) is 12.4 Å². The van der Waals surface area contributed by atoms with E-state index in [0.717, 1.165) is 28.8 Å². The van der Waals surface area contributed by atoms with E-state index in [9.17, 15) is 9.90 Å². The fraction of sp³-hybridized carbons (Fsp3) is 0.167. The number of thioether (sulfide) groups is 1. The third kappa shape index (κ3) is 4.00. The van der Waals surface area contributed by atoms with Gasteiger partial charge < -0.3 is 14.6 Å². The van der Waals surface area contributed by atoms with Crippen LogP contribution in [-0.2, 0) is 4.79 Å². The molecule has 0 radical (unpaired) electrons. The van der Waals surface area contributed by atoms with Crippen molar-refractivity contribution >= 4 is 17.7 Å². The van der Waals surface area contributed by atoms with Gasteiger partial charge in [-0.1, -0.05) is 30.0 Å². The van der Waals surface area contributed by atoms with Gasteiger partial charge in [0, 0.05) is 17.0 Å². The summed E-state index contributed by atoms with van der Waals surface area (Å²) in [5.74, 6) is 0.0859. The Kier molecular flexibility index (Phi) is 5.35. The van der Waals surface area contributed by atoms with Crippen molar-refractivity contribution in [2.45, 2.75) is 12.1 Å². The SMILES string of the molecule is CCOc1ccc(-c2nnc(SCC(=O)[O-])n2-c2ccccc2)cc1. The zero-order valence-electron chi connectivity index (χ0n) is 13.6. The van der Waals surface area contributed by atoms with Crippen LogP contribution in [0.2, 0.25) is 0 Å². The molecule has 1 heterocycles. The number of rotatable bonds is 7. The van der Waals surface area contributed by atoms with Gasteiger partial charge in [-0.15, -0.1) is 10.2 Å². The highest BCUT2D eigenvalue weighted by atomic mass is 32.2. The highest BCUT2D eigenvalue weighted by Gasteiger charge is 2.16. The van der Waals surface area contributed by atoms with E-state index in [1.165, 1.54) is 0 Å². The summed E-state index contributed by atoms with van der Waals surface area (Å²) in [7, 11) is 0. The number of aliphatic carboxylic acids is 1. The van der Waals surface area contributed by atoms with Crippen LogP contribution in [0, 0.1) is 0 Å². The Morgan fingerprint density at radius 3 is 2.48 bits per heavy atom. The summed E-state index contributed by atoms with van der Waals surface area (Å²) < 4.78 is 7.30. The number of para-hydroxylation sites is 1. The number of benzene rings is 2. The van der Waals surface area contributed by atoms with E-state index < -0.39 is 5.97 Å². The topological polar surface area (TPSA) is 80.1 Å². The number of carbonyl (C=O) groups is 1. The normalized spacial score (nSPS) is 10.6. The molecule has 25 heavy (non-hydrogen) atoms. The maximum Gasteiger partial charge on any atom is 0.196 e. The molecule has 0 aliphatic heterocycles. The summed E-state index contributed by atoms with van der Waals surface area (Å²) in [6, 6.07) is 17.1. The molecule has 0 aliphatic rings. The molecule has 0 atom stereocenters. The summed E-state index contributed by atoms with van der Waals surface area (Å²) >= 11 is 1.08. The van der Waals surface area contributed by atoms with E-state index in [1.54, 1.807) is 0 Å². The monoisotopic (exact) mass is 354 g/mol. The van der Waals surface area contributed by atoms with Gasteiger partial charge in [0.1, 0.15) is 5.75 Å². The van der Waals surface area contributed by atoms with Crippen molar-refractivity contribution < 1.29 is 14.6 Å². The zero-order valence-corrected chi connectivity index (χ0v) is 14.4. The molecule has 0 amide bonds. The van der Waals surface area contributed by atoms with Crippen LogP contribution in [0.5, 0.6) is 5.75 Å². The van der Waals surface area contributed by atoms with Crippen LogP contribution in [0.3, 0.4) is 0 Å². The third-order valence-electron chi connectivity index (χ3n) is 3.39. The smallest absolute Gasteiger partial charge is 0.196 e. The number of nitrogens with zero attached hydrogens (tertiary/aromatic N) is 3. The minimum atomic E-state index is -1.14. The third-order valence-corrected chi connectivity index (χ3v) is 4.29. The van der Waals surface area contributed by atoms with Crippen LogP contribution in [0.15, 0.2) is 59.8 Å². The van der Waals surface area contributed by atoms with Gasteiger partial charge >= 0.3 is 0 Å². The van der Waals surface area contributed by atoms with Gasteiger partial charge in [0.25, 0.3) is 0 Å². The maximum atomic E-state index is 10.8. The Balaban J connectivity index is 2.02. The van der Waals surface area contributed by atoms with Crippen LogP contribution in [0.25, 0.3) is 17.1 Å². The number of aromatic nitrogens is 3. The molecule has 128 valence electrons. The first kappa shape index (κ1) is 17.0. The molecule has 3 aromatic rings. The minimum Gasteiger partial charge on any atom is -0.549 e. The lowest BCUT2D eigenvalue weighted by molar-refractivity contribution is -0.301. The quantitative estimate of drug-likeness (QED) is 0.605. The molecule has 0 saturated carbocycles. The van der Waals surface area contributed by atoms with Gasteiger partial charge in [-0.25, -0.2) is 0 Å². The van der Waals surface area contributed by atoms with Crippen molar-refractivity contribution in [3.05, 3.63) is 54.6 Å².